The van der Waals surface area contributed by atoms with Gasteiger partial charge in [0.15, 0.2) is 5.96 Å². The average molecular weight is 438 g/mol. The Morgan fingerprint density at radius 2 is 2.00 bits per heavy atom. The van der Waals surface area contributed by atoms with Crippen LogP contribution in [-0.4, -0.2) is 75.8 Å². The molecule has 0 aromatic heterocycles. The van der Waals surface area contributed by atoms with Crippen LogP contribution in [0.1, 0.15) is 32.6 Å². The minimum atomic E-state index is 0. The molecular weight excluding hydrogens is 403 g/mol. The lowest BCUT2D eigenvalue weighted by atomic mass is 9.97. The molecule has 0 saturated carbocycles. The molecule has 0 radical (unpaired) electrons. The molecule has 0 aromatic rings. The molecule has 1 N–H and O–H groups in total. The lowest BCUT2D eigenvalue weighted by molar-refractivity contribution is 0.179. The van der Waals surface area contributed by atoms with Crippen LogP contribution in [0, 0.1) is 11.8 Å². The predicted molar refractivity (Wildman–Crippen MR) is 108 cm³/mol. The molecule has 0 aliphatic carbocycles. The van der Waals surface area contributed by atoms with Gasteiger partial charge in [-0.1, -0.05) is 6.92 Å². The maximum absolute atomic E-state index is 5.46. The molecule has 2 aliphatic rings. The Hall–Kier alpha value is -0.0800. The first-order valence-corrected chi connectivity index (χ1v) is 8.94. The zero-order valence-corrected chi connectivity index (χ0v) is 17.4. The van der Waals surface area contributed by atoms with E-state index in [4.69, 9.17) is 4.74 Å². The molecule has 0 bridgehead atoms. The molecule has 0 amide bonds. The maximum Gasteiger partial charge on any atom is 0.193 e. The highest BCUT2D eigenvalue weighted by Crippen LogP contribution is 2.17. The Morgan fingerprint density at radius 1 is 1.26 bits per heavy atom. The maximum atomic E-state index is 5.46. The second kappa shape index (κ2) is 11.5. The molecule has 2 saturated heterocycles. The molecular formula is C17H35IN4O. The molecule has 1 unspecified atom stereocenters. The third kappa shape index (κ3) is 7.13. The molecule has 2 aliphatic heterocycles. The van der Waals surface area contributed by atoms with Crippen molar-refractivity contribution in [3.8, 4) is 0 Å². The molecule has 2 fully saturated rings. The topological polar surface area (TPSA) is 40.1 Å². The van der Waals surface area contributed by atoms with Crippen molar-refractivity contribution in [2.24, 2.45) is 16.8 Å². The lowest BCUT2D eigenvalue weighted by Crippen LogP contribution is -2.45. The minimum absolute atomic E-state index is 0. The highest BCUT2D eigenvalue weighted by molar-refractivity contribution is 14.0. The summed E-state index contributed by atoms with van der Waals surface area (Å²) in [6.45, 7) is 9.95. The normalized spacial score (nSPS) is 23.6. The van der Waals surface area contributed by atoms with Crippen molar-refractivity contribution in [1.29, 1.82) is 0 Å². The second-order valence-electron chi connectivity index (χ2n) is 6.82. The summed E-state index contributed by atoms with van der Waals surface area (Å²) in [5, 5.41) is 3.58. The smallest absolute Gasteiger partial charge is 0.193 e. The van der Waals surface area contributed by atoms with Gasteiger partial charge < -0.3 is 19.9 Å². The SMILES string of the molecule is CCCN1CCC(CNC(=NC)N(C)CC2CCOC2)CC1.I. The van der Waals surface area contributed by atoms with Crippen LogP contribution in [0.3, 0.4) is 0 Å². The summed E-state index contributed by atoms with van der Waals surface area (Å²) >= 11 is 0. The van der Waals surface area contributed by atoms with Crippen LogP contribution in [-0.2, 0) is 4.74 Å². The van der Waals surface area contributed by atoms with Crippen molar-refractivity contribution in [3.05, 3.63) is 0 Å². The number of hydrogen-bond donors (Lipinski definition) is 1. The van der Waals surface area contributed by atoms with E-state index in [1.54, 1.807) is 0 Å². The first-order chi connectivity index (χ1) is 10.7. The van der Waals surface area contributed by atoms with Gasteiger partial charge in [-0.05, 0) is 51.2 Å². The van der Waals surface area contributed by atoms with E-state index in [-0.39, 0.29) is 24.0 Å². The number of rotatable bonds is 6. The molecule has 6 heteroatoms. The van der Waals surface area contributed by atoms with Crippen molar-refractivity contribution in [2.75, 3.05) is 60.0 Å². The fourth-order valence-corrected chi connectivity index (χ4v) is 3.55. The Kier molecular flexibility index (Phi) is 10.5. The standard InChI is InChI=1S/C17H34N4O.HI/c1-4-8-21-9-5-15(6-10-21)12-19-17(18-2)20(3)13-16-7-11-22-14-16;/h15-16H,4-14H2,1-3H3,(H,18,19);1H. The number of hydrogen-bond acceptors (Lipinski definition) is 3. The van der Waals surface area contributed by atoms with E-state index in [0.717, 1.165) is 38.2 Å². The fraction of sp³-hybridized carbons (Fsp3) is 0.941. The predicted octanol–water partition coefficient (Wildman–Crippen LogP) is 2.27. The van der Waals surface area contributed by atoms with Gasteiger partial charge in [0.05, 0.1) is 6.61 Å². The summed E-state index contributed by atoms with van der Waals surface area (Å²) in [5.74, 6) is 2.47. The Balaban J connectivity index is 0.00000264. The lowest BCUT2D eigenvalue weighted by Gasteiger charge is -2.33. The Bertz CT molecular complexity index is 339. The summed E-state index contributed by atoms with van der Waals surface area (Å²) in [4.78, 5) is 9.29. The van der Waals surface area contributed by atoms with Gasteiger partial charge in [-0.25, -0.2) is 0 Å². The molecule has 1 atom stereocenters. The summed E-state index contributed by atoms with van der Waals surface area (Å²) < 4.78 is 5.46. The average Bonchev–Trinajstić information content (AvgIpc) is 3.03. The Morgan fingerprint density at radius 3 is 2.57 bits per heavy atom. The molecule has 5 nitrogen and oxygen atoms in total. The van der Waals surface area contributed by atoms with E-state index in [1.807, 2.05) is 7.05 Å². The number of aliphatic imine (C=N–C) groups is 1. The number of likely N-dealkylation sites (tertiary alicyclic amines) is 1. The van der Waals surface area contributed by atoms with Crippen molar-refractivity contribution < 1.29 is 4.74 Å². The molecule has 2 rings (SSSR count). The van der Waals surface area contributed by atoms with Gasteiger partial charge in [-0.15, -0.1) is 24.0 Å². The van der Waals surface area contributed by atoms with Crippen LogP contribution in [0.4, 0.5) is 0 Å². The van der Waals surface area contributed by atoms with Crippen LogP contribution >= 0.6 is 24.0 Å². The number of guanidine groups is 1. The largest absolute Gasteiger partial charge is 0.381 e. The number of nitrogens with zero attached hydrogens (tertiary/aromatic N) is 3. The van der Waals surface area contributed by atoms with Crippen LogP contribution in [0.5, 0.6) is 0 Å². The highest BCUT2D eigenvalue weighted by atomic mass is 127. The summed E-state index contributed by atoms with van der Waals surface area (Å²) in [7, 11) is 4.02. The zero-order chi connectivity index (χ0) is 15.8. The summed E-state index contributed by atoms with van der Waals surface area (Å²) in [6.07, 6.45) is 5.07. The summed E-state index contributed by atoms with van der Waals surface area (Å²) in [6, 6.07) is 0. The zero-order valence-electron chi connectivity index (χ0n) is 15.1. The van der Waals surface area contributed by atoms with Gasteiger partial charge in [0.2, 0.25) is 0 Å². The highest BCUT2D eigenvalue weighted by Gasteiger charge is 2.21. The number of nitrogens with one attached hydrogen (secondary N) is 1. The first-order valence-electron chi connectivity index (χ1n) is 8.94. The minimum Gasteiger partial charge on any atom is -0.381 e. The van der Waals surface area contributed by atoms with Gasteiger partial charge in [0.1, 0.15) is 0 Å². The van der Waals surface area contributed by atoms with Gasteiger partial charge in [-0.3, -0.25) is 4.99 Å². The monoisotopic (exact) mass is 438 g/mol. The van der Waals surface area contributed by atoms with Crippen molar-refractivity contribution in [1.82, 2.24) is 15.1 Å². The Labute approximate surface area is 159 Å². The van der Waals surface area contributed by atoms with Crippen LogP contribution in [0.15, 0.2) is 4.99 Å². The van der Waals surface area contributed by atoms with E-state index < -0.39 is 0 Å². The van der Waals surface area contributed by atoms with E-state index in [1.165, 1.54) is 45.3 Å². The molecule has 0 aromatic carbocycles. The van der Waals surface area contributed by atoms with E-state index >= 15 is 0 Å². The van der Waals surface area contributed by atoms with Crippen LogP contribution in [0.25, 0.3) is 0 Å². The van der Waals surface area contributed by atoms with Crippen LogP contribution in [0.2, 0.25) is 0 Å². The van der Waals surface area contributed by atoms with E-state index in [9.17, 15) is 0 Å². The number of halogens is 1. The van der Waals surface area contributed by atoms with Crippen LogP contribution < -0.4 is 5.32 Å². The molecule has 23 heavy (non-hydrogen) atoms. The van der Waals surface area contributed by atoms with Gasteiger partial charge in [0.25, 0.3) is 0 Å². The number of ether oxygens (including phenoxy) is 1. The fourth-order valence-electron chi connectivity index (χ4n) is 3.55. The van der Waals surface area contributed by atoms with Crippen molar-refractivity contribution in [3.63, 3.8) is 0 Å². The first kappa shape index (κ1) is 21.0. The summed E-state index contributed by atoms with van der Waals surface area (Å²) in [5.41, 5.74) is 0. The molecule has 136 valence electrons. The second-order valence-corrected chi connectivity index (χ2v) is 6.82. The van der Waals surface area contributed by atoms with Gasteiger partial charge in [0, 0.05) is 39.7 Å². The van der Waals surface area contributed by atoms with Crippen molar-refractivity contribution in [2.45, 2.75) is 32.6 Å². The van der Waals surface area contributed by atoms with E-state index in [2.05, 4.69) is 34.1 Å². The van der Waals surface area contributed by atoms with Crippen molar-refractivity contribution >= 4 is 29.9 Å². The molecule has 0 spiro atoms. The van der Waals surface area contributed by atoms with E-state index in [0.29, 0.717) is 5.92 Å². The van der Waals surface area contributed by atoms with Gasteiger partial charge >= 0.3 is 0 Å². The molecule has 2 heterocycles. The number of piperidine rings is 1. The third-order valence-electron chi connectivity index (χ3n) is 4.93. The quantitative estimate of drug-likeness (QED) is 0.393. The van der Waals surface area contributed by atoms with Gasteiger partial charge in [-0.2, -0.15) is 0 Å². The third-order valence-corrected chi connectivity index (χ3v) is 4.93.